The number of rotatable bonds is 20. The lowest BCUT2D eigenvalue weighted by molar-refractivity contribution is -0.125. The molecule has 1 unspecified atom stereocenters. The minimum atomic E-state index is -0.178. The average molecular weight is 559 g/mol. The number of unbranched alkanes of at least 4 members (excludes halogenated alkanes) is 4. The van der Waals surface area contributed by atoms with Gasteiger partial charge in [0, 0.05) is 75.8 Å². The van der Waals surface area contributed by atoms with E-state index in [-0.39, 0.29) is 23.9 Å². The van der Waals surface area contributed by atoms with E-state index in [2.05, 4.69) is 44.6 Å². The normalized spacial score (nSPS) is 12.7. The summed E-state index contributed by atoms with van der Waals surface area (Å²) in [5, 5.41) is 6.29. The molecule has 0 aliphatic rings. The maximum absolute atomic E-state index is 13.0. The van der Waals surface area contributed by atoms with E-state index < -0.39 is 0 Å². The largest absolute Gasteiger partial charge is 0.354 e. The van der Waals surface area contributed by atoms with Crippen LogP contribution in [0.5, 0.6) is 0 Å². The van der Waals surface area contributed by atoms with Gasteiger partial charge in [0.05, 0.1) is 0 Å². The van der Waals surface area contributed by atoms with Crippen molar-refractivity contribution >= 4 is 11.8 Å². The number of hydrogen-bond acceptors (Lipinski definition) is 2. The van der Waals surface area contributed by atoms with Crippen LogP contribution in [0.1, 0.15) is 69.9 Å². The zero-order valence-electron chi connectivity index (χ0n) is 24.2. The van der Waals surface area contributed by atoms with Crippen molar-refractivity contribution in [1.82, 2.24) is 28.9 Å². The van der Waals surface area contributed by atoms with Gasteiger partial charge in [-0.3, -0.25) is 9.59 Å². The standard InChI is InChI=1S/C33H46N6O2/c40-32(30(38-26-12-13-27-38)16-2-6-20-36-22-8-9-23-36)34-18-4-1-5-19-35-33(41)31(39-28-14-15-29-39)17-3-7-21-37-24-10-11-25-37/h8-15,22-31H,1-7,16-21H2,(H,34,40)(H,35,41)/t30-,31?/m0/s1. The fourth-order valence-electron chi connectivity index (χ4n) is 5.33. The Morgan fingerprint density at radius 1 is 0.463 bits per heavy atom. The number of hydrogen-bond donors (Lipinski definition) is 2. The second-order valence-electron chi connectivity index (χ2n) is 10.8. The molecule has 41 heavy (non-hydrogen) atoms. The van der Waals surface area contributed by atoms with E-state index in [4.69, 9.17) is 0 Å². The van der Waals surface area contributed by atoms with E-state index in [1.165, 1.54) is 0 Å². The molecule has 0 spiro atoms. The van der Waals surface area contributed by atoms with Crippen LogP contribution in [0.25, 0.3) is 0 Å². The van der Waals surface area contributed by atoms with Gasteiger partial charge in [0.25, 0.3) is 0 Å². The van der Waals surface area contributed by atoms with Crippen molar-refractivity contribution in [3.63, 3.8) is 0 Å². The number of aryl methyl sites for hydroxylation is 2. The summed E-state index contributed by atoms with van der Waals surface area (Å²) in [6, 6.07) is 15.7. The predicted molar refractivity (Wildman–Crippen MR) is 163 cm³/mol. The summed E-state index contributed by atoms with van der Waals surface area (Å²) in [6.07, 6.45) is 24.7. The van der Waals surface area contributed by atoms with Crippen LogP contribution in [-0.4, -0.2) is 43.2 Å². The van der Waals surface area contributed by atoms with Crippen molar-refractivity contribution in [2.45, 2.75) is 83.0 Å². The van der Waals surface area contributed by atoms with Crippen molar-refractivity contribution in [3.05, 3.63) is 98.1 Å². The number of carbonyl (C=O) groups is 2. The summed E-state index contributed by atoms with van der Waals surface area (Å²) >= 11 is 0. The van der Waals surface area contributed by atoms with E-state index in [1.54, 1.807) is 0 Å². The first-order valence-corrected chi connectivity index (χ1v) is 15.2. The van der Waals surface area contributed by atoms with Crippen LogP contribution in [0, 0.1) is 0 Å². The van der Waals surface area contributed by atoms with Gasteiger partial charge in [-0.1, -0.05) is 0 Å². The van der Waals surface area contributed by atoms with Gasteiger partial charge in [-0.15, -0.1) is 0 Å². The number of amides is 2. The highest BCUT2D eigenvalue weighted by molar-refractivity contribution is 5.80. The molecule has 8 heteroatoms. The maximum Gasteiger partial charge on any atom is 0.243 e. The Balaban J connectivity index is 1.10. The number of aromatic nitrogens is 4. The van der Waals surface area contributed by atoms with E-state index in [9.17, 15) is 9.59 Å². The van der Waals surface area contributed by atoms with Gasteiger partial charge in [-0.25, -0.2) is 0 Å². The first kappa shape index (κ1) is 30.0. The Bertz CT molecular complexity index is 1120. The lowest BCUT2D eigenvalue weighted by Crippen LogP contribution is -2.33. The molecule has 4 aromatic rings. The summed E-state index contributed by atoms with van der Waals surface area (Å²) in [5.41, 5.74) is 0. The predicted octanol–water partition coefficient (Wildman–Crippen LogP) is 5.82. The molecule has 2 amide bonds. The smallest absolute Gasteiger partial charge is 0.243 e. The second kappa shape index (κ2) is 17.0. The van der Waals surface area contributed by atoms with Crippen molar-refractivity contribution in [2.75, 3.05) is 13.1 Å². The molecule has 0 aliphatic carbocycles. The van der Waals surface area contributed by atoms with Crippen LogP contribution in [0.3, 0.4) is 0 Å². The van der Waals surface area contributed by atoms with Gasteiger partial charge >= 0.3 is 0 Å². The van der Waals surface area contributed by atoms with Crippen LogP contribution in [0.4, 0.5) is 0 Å². The zero-order chi connectivity index (χ0) is 28.5. The van der Waals surface area contributed by atoms with Gasteiger partial charge < -0.3 is 28.9 Å². The molecule has 0 aliphatic heterocycles. The van der Waals surface area contributed by atoms with Gasteiger partial charge in [0.15, 0.2) is 0 Å². The Morgan fingerprint density at radius 2 is 0.829 bits per heavy atom. The van der Waals surface area contributed by atoms with Crippen LogP contribution in [-0.2, 0) is 22.7 Å². The van der Waals surface area contributed by atoms with E-state index in [0.29, 0.717) is 13.1 Å². The quantitative estimate of drug-likeness (QED) is 0.134. The Kier molecular flexibility index (Phi) is 12.5. The van der Waals surface area contributed by atoms with E-state index >= 15 is 0 Å². The van der Waals surface area contributed by atoms with Crippen molar-refractivity contribution in [3.8, 4) is 0 Å². The molecule has 2 N–H and O–H groups in total. The fraction of sp³-hybridized carbons (Fsp3) is 0.455. The highest BCUT2D eigenvalue weighted by Crippen LogP contribution is 2.18. The summed E-state index contributed by atoms with van der Waals surface area (Å²) in [6.45, 7) is 3.26. The van der Waals surface area contributed by atoms with E-state index in [1.807, 2.05) is 82.5 Å². The molecule has 8 nitrogen and oxygen atoms in total. The van der Waals surface area contributed by atoms with Crippen LogP contribution >= 0.6 is 0 Å². The lowest BCUT2D eigenvalue weighted by Gasteiger charge is -2.19. The third-order valence-corrected chi connectivity index (χ3v) is 7.65. The van der Waals surface area contributed by atoms with Gasteiger partial charge in [0.1, 0.15) is 12.1 Å². The Morgan fingerprint density at radius 3 is 1.22 bits per heavy atom. The first-order valence-electron chi connectivity index (χ1n) is 15.2. The Labute approximate surface area is 244 Å². The molecule has 0 aromatic carbocycles. The summed E-state index contributed by atoms with van der Waals surface area (Å²) < 4.78 is 8.39. The molecule has 4 aromatic heterocycles. The zero-order valence-corrected chi connectivity index (χ0v) is 24.2. The van der Waals surface area contributed by atoms with Gasteiger partial charge in [-0.05, 0) is 106 Å². The minimum Gasteiger partial charge on any atom is -0.354 e. The average Bonchev–Trinajstić information content (AvgIpc) is 3.81. The monoisotopic (exact) mass is 558 g/mol. The topological polar surface area (TPSA) is 77.9 Å². The molecule has 2 atom stereocenters. The van der Waals surface area contributed by atoms with E-state index in [0.717, 1.165) is 70.9 Å². The molecule has 220 valence electrons. The number of nitrogens with zero attached hydrogens (tertiary/aromatic N) is 4. The van der Waals surface area contributed by atoms with Crippen LogP contribution in [0.15, 0.2) is 98.1 Å². The van der Waals surface area contributed by atoms with Gasteiger partial charge in [0.2, 0.25) is 11.8 Å². The third-order valence-electron chi connectivity index (χ3n) is 7.65. The molecule has 4 rings (SSSR count). The molecular weight excluding hydrogens is 512 g/mol. The highest BCUT2D eigenvalue weighted by Gasteiger charge is 2.20. The van der Waals surface area contributed by atoms with Crippen LogP contribution in [0.2, 0.25) is 0 Å². The van der Waals surface area contributed by atoms with Crippen molar-refractivity contribution < 1.29 is 9.59 Å². The molecule has 0 saturated heterocycles. The highest BCUT2D eigenvalue weighted by atomic mass is 16.2. The second-order valence-corrected chi connectivity index (χ2v) is 10.8. The summed E-state index contributed by atoms with van der Waals surface area (Å²) in [5.74, 6) is 0.170. The molecule has 0 fully saturated rings. The maximum atomic E-state index is 13.0. The van der Waals surface area contributed by atoms with Crippen molar-refractivity contribution in [2.24, 2.45) is 0 Å². The lowest BCUT2D eigenvalue weighted by atomic mass is 10.1. The fourth-order valence-corrected chi connectivity index (χ4v) is 5.33. The Hall–Kier alpha value is -3.94. The number of carbonyl (C=O) groups excluding carboxylic acids is 2. The number of nitrogens with one attached hydrogen (secondary N) is 2. The molecule has 4 heterocycles. The summed E-state index contributed by atoms with van der Waals surface area (Å²) in [4.78, 5) is 26.0. The molecule has 0 bridgehead atoms. The molecular formula is C33H46N6O2. The molecule has 0 radical (unpaired) electrons. The minimum absolute atomic E-state index is 0.0850. The van der Waals surface area contributed by atoms with Gasteiger partial charge in [-0.2, -0.15) is 0 Å². The van der Waals surface area contributed by atoms with Crippen LogP contribution < -0.4 is 10.6 Å². The first-order chi connectivity index (χ1) is 20.2. The van der Waals surface area contributed by atoms with Crippen molar-refractivity contribution in [1.29, 1.82) is 0 Å². The SMILES string of the molecule is O=C(NCCCCCNC(=O)[C@H](CCCCn1cccc1)n1cccc1)C(CCCCn1cccc1)n1cccc1. The summed E-state index contributed by atoms with van der Waals surface area (Å²) in [7, 11) is 0. The third kappa shape index (κ3) is 10.2. The molecule has 0 saturated carbocycles.